The smallest absolute Gasteiger partial charge is 0.407 e. The number of hydrogen-bond acceptors (Lipinski definition) is 5. The summed E-state index contributed by atoms with van der Waals surface area (Å²) in [4.78, 5) is 22.1. The monoisotopic (exact) mass is 323 g/mol. The number of hydrogen-bond donors (Lipinski definition) is 3. The van der Waals surface area contributed by atoms with Crippen LogP contribution in [0.4, 0.5) is 10.5 Å². The van der Waals surface area contributed by atoms with Crippen molar-refractivity contribution in [3.05, 3.63) is 24.3 Å². The molecular formula is C16H25N3O4. The number of carbonyl (C=O) groups is 2. The lowest BCUT2D eigenvalue weighted by molar-refractivity contribution is -0.118. The first-order valence-electron chi connectivity index (χ1n) is 7.48. The molecule has 128 valence electrons. The predicted molar refractivity (Wildman–Crippen MR) is 88.5 cm³/mol. The van der Waals surface area contributed by atoms with E-state index in [0.717, 1.165) is 5.69 Å². The normalized spacial score (nSPS) is 10.7. The number of anilines is 1. The third-order valence-electron chi connectivity index (χ3n) is 2.59. The zero-order valence-corrected chi connectivity index (χ0v) is 13.8. The van der Waals surface area contributed by atoms with E-state index in [-0.39, 0.29) is 18.9 Å². The van der Waals surface area contributed by atoms with Crippen LogP contribution in [0.2, 0.25) is 0 Å². The highest BCUT2D eigenvalue weighted by Gasteiger charge is 2.15. The van der Waals surface area contributed by atoms with E-state index >= 15 is 0 Å². The van der Waals surface area contributed by atoms with Gasteiger partial charge in [0.2, 0.25) is 5.91 Å². The second-order valence-corrected chi connectivity index (χ2v) is 5.94. The van der Waals surface area contributed by atoms with Crippen molar-refractivity contribution in [1.82, 2.24) is 5.32 Å². The summed E-state index contributed by atoms with van der Waals surface area (Å²) in [7, 11) is 0. The van der Waals surface area contributed by atoms with Gasteiger partial charge in [0.15, 0.2) is 0 Å². The molecule has 0 aliphatic carbocycles. The second-order valence-electron chi connectivity index (χ2n) is 5.94. The van der Waals surface area contributed by atoms with Crippen LogP contribution in [-0.2, 0) is 9.53 Å². The van der Waals surface area contributed by atoms with E-state index in [1.807, 2.05) is 32.9 Å². The van der Waals surface area contributed by atoms with Crippen molar-refractivity contribution in [1.29, 1.82) is 0 Å². The van der Waals surface area contributed by atoms with Gasteiger partial charge in [-0.25, -0.2) is 4.79 Å². The molecule has 1 rings (SSSR count). The number of nitrogens with two attached hydrogens (primary N) is 1. The van der Waals surface area contributed by atoms with Crippen LogP contribution in [0.25, 0.3) is 0 Å². The van der Waals surface area contributed by atoms with Crippen LogP contribution in [0, 0.1) is 0 Å². The largest absolute Gasteiger partial charge is 0.493 e. The summed E-state index contributed by atoms with van der Waals surface area (Å²) in [6, 6.07) is 7.30. The molecule has 7 nitrogen and oxygen atoms in total. The lowest BCUT2D eigenvalue weighted by atomic mass is 10.2. The minimum absolute atomic E-state index is 0.191. The molecule has 0 spiro atoms. The van der Waals surface area contributed by atoms with Gasteiger partial charge in [-0.15, -0.1) is 0 Å². The zero-order valence-electron chi connectivity index (χ0n) is 13.8. The Labute approximate surface area is 136 Å². The molecular weight excluding hydrogens is 298 g/mol. The van der Waals surface area contributed by atoms with Gasteiger partial charge in [-0.3, -0.25) is 4.79 Å². The van der Waals surface area contributed by atoms with Crippen LogP contribution in [0.5, 0.6) is 5.75 Å². The third-order valence-corrected chi connectivity index (χ3v) is 2.59. The first-order valence-corrected chi connectivity index (χ1v) is 7.48. The number of carbonyl (C=O) groups excluding carboxylic acids is 2. The SMILES string of the molecule is CC(C)(C)OC(=O)NCCNc1ccc(OCCC(N)=O)cc1. The molecule has 0 aromatic heterocycles. The maximum Gasteiger partial charge on any atom is 0.407 e. The number of ether oxygens (including phenoxy) is 2. The molecule has 4 N–H and O–H groups in total. The summed E-state index contributed by atoms with van der Waals surface area (Å²) in [5, 5.41) is 5.83. The van der Waals surface area contributed by atoms with Crippen molar-refractivity contribution in [3.8, 4) is 5.75 Å². The van der Waals surface area contributed by atoms with E-state index in [1.54, 1.807) is 12.1 Å². The number of nitrogens with one attached hydrogen (secondary N) is 2. The van der Waals surface area contributed by atoms with Crippen LogP contribution in [0.1, 0.15) is 27.2 Å². The van der Waals surface area contributed by atoms with Crippen LogP contribution in [0.15, 0.2) is 24.3 Å². The van der Waals surface area contributed by atoms with E-state index in [1.165, 1.54) is 0 Å². The van der Waals surface area contributed by atoms with Gasteiger partial charge in [0.1, 0.15) is 11.4 Å². The van der Waals surface area contributed by atoms with Crippen LogP contribution >= 0.6 is 0 Å². The molecule has 0 saturated heterocycles. The highest BCUT2D eigenvalue weighted by molar-refractivity contribution is 5.73. The van der Waals surface area contributed by atoms with Gasteiger partial charge in [-0.1, -0.05) is 0 Å². The van der Waals surface area contributed by atoms with E-state index in [4.69, 9.17) is 15.2 Å². The summed E-state index contributed by atoms with van der Waals surface area (Å²) in [5.74, 6) is 0.282. The van der Waals surface area contributed by atoms with Crippen molar-refractivity contribution < 1.29 is 19.1 Å². The van der Waals surface area contributed by atoms with Gasteiger partial charge in [0, 0.05) is 18.8 Å². The summed E-state index contributed by atoms with van der Waals surface area (Å²) in [6.45, 7) is 6.74. The topological polar surface area (TPSA) is 103 Å². The minimum Gasteiger partial charge on any atom is -0.493 e. The minimum atomic E-state index is -0.498. The molecule has 0 unspecified atom stereocenters. The lowest BCUT2D eigenvalue weighted by Crippen LogP contribution is -2.34. The van der Waals surface area contributed by atoms with Crippen molar-refractivity contribution in [2.75, 3.05) is 25.0 Å². The van der Waals surface area contributed by atoms with Gasteiger partial charge in [0.05, 0.1) is 13.0 Å². The number of primary amides is 1. The lowest BCUT2D eigenvalue weighted by Gasteiger charge is -2.19. The zero-order chi connectivity index (χ0) is 17.3. The molecule has 0 bridgehead atoms. The van der Waals surface area contributed by atoms with Crippen molar-refractivity contribution in [2.45, 2.75) is 32.8 Å². The van der Waals surface area contributed by atoms with Crippen molar-refractivity contribution >= 4 is 17.7 Å². The van der Waals surface area contributed by atoms with Crippen molar-refractivity contribution in [3.63, 3.8) is 0 Å². The molecule has 1 aromatic rings. The molecule has 23 heavy (non-hydrogen) atoms. The first-order chi connectivity index (χ1) is 10.8. The third kappa shape index (κ3) is 9.23. The second kappa shape index (κ2) is 8.87. The van der Waals surface area contributed by atoms with Gasteiger partial charge >= 0.3 is 6.09 Å². The van der Waals surface area contributed by atoms with Crippen LogP contribution in [0.3, 0.4) is 0 Å². The molecule has 0 aliphatic rings. The Morgan fingerprint density at radius 2 is 1.78 bits per heavy atom. The summed E-state index contributed by atoms with van der Waals surface area (Å²) >= 11 is 0. The molecule has 1 aromatic carbocycles. The molecule has 7 heteroatoms. The fourth-order valence-electron chi connectivity index (χ4n) is 1.62. The average molecular weight is 323 g/mol. The number of amides is 2. The quantitative estimate of drug-likeness (QED) is 0.634. The van der Waals surface area contributed by atoms with Crippen LogP contribution < -0.4 is 21.1 Å². The predicted octanol–water partition coefficient (Wildman–Crippen LogP) is 1.88. The molecule has 0 saturated carbocycles. The highest BCUT2D eigenvalue weighted by Crippen LogP contribution is 2.15. The fourth-order valence-corrected chi connectivity index (χ4v) is 1.62. The van der Waals surface area contributed by atoms with E-state index in [9.17, 15) is 9.59 Å². The Hall–Kier alpha value is -2.44. The van der Waals surface area contributed by atoms with Gasteiger partial charge in [-0.2, -0.15) is 0 Å². The standard InChI is InChI=1S/C16H25N3O4/c1-16(2,3)23-15(21)19-10-9-18-12-4-6-13(7-5-12)22-11-8-14(17)20/h4-7,18H,8-11H2,1-3H3,(H2,17,20)(H,19,21). The number of benzene rings is 1. The van der Waals surface area contributed by atoms with Gasteiger partial charge in [0.25, 0.3) is 0 Å². The Balaban J connectivity index is 2.23. The maximum atomic E-state index is 11.5. The highest BCUT2D eigenvalue weighted by atomic mass is 16.6. The fraction of sp³-hybridized carbons (Fsp3) is 0.500. The Morgan fingerprint density at radius 3 is 2.35 bits per heavy atom. The molecule has 2 amide bonds. The summed E-state index contributed by atoms with van der Waals surface area (Å²) in [6.07, 6.45) is -0.242. The Bertz CT molecular complexity index is 509. The van der Waals surface area contributed by atoms with Gasteiger partial charge < -0.3 is 25.8 Å². The van der Waals surface area contributed by atoms with E-state index in [0.29, 0.717) is 18.8 Å². The van der Waals surface area contributed by atoms with Gasteiger partial charge in [-0.05, 0) is 45.0 Å². The van der Waals surface area contributed by atoms with Crippen molar-refractivity contribution in [2.24, 2.45) is 5.73 Å². The summed E-state index contributed by atoms with van der Waals surface area (Å²) < 4.78 is 10.5. The van der Waals surface area contributed by atoms with E-state index < -0.39 is 11.7 Å². The Morgan fingerprint density at radius 1 is 1.13 bits per heavy atom. The summed E-state index contributed by atoms with van der Waals surface area (Å²) in [5.41, 5.74) is 5.44. The van der Waals surface area contributed by atoms with E-state index in [2.05, 4.69) is 10.6 Å². The molecule has 0 fully saturated rings. The number of rotatable bonds is 8. The molecule has 0 aliphatic heterocycles. The average Bonchev–Trinajstić information content (AvgIpc) is 2.43. The number of alkyl carbamates (subject to hydrolysis) is 1. The first kappa shape index (κ1) is 18.6. The van der Waals surface area contributed by atoms with Crippen LogP contribution in [-0.4, -0.2) is 37.3 Å². The maximum absolute atomic E-state index is 11.5. The Kier molecular flexibility index (Phi) is 7.18. The molecule has 0 radical (unpaired) electrons. The molecule has 0 heterocycles. The molecule has 0 atom stereocenters.